The van der Waals surface area contributed by atoms with Gasteiger partial charge in [-0.2, -0.15) is 0 Å². The van der Waals surface area contributed by atoms with E-state index < -0.39 is 22.9 Å². The number of carbonyl (C=O) groups is 2. The number of nitro groups is 1. The van der Waals surface area contributed by atoms with Crippen molar-refractivity contribution in [2.45, 2.75) is 13.0 Å². The largest absolute Gasteiger partial charge is 0.496 e. The molecule has 0 heterocycles. The van der Waals surface area contributed by atoms with Crippen molar-refractivity contribution in [1.82, 2.24) is 0 Å². The summed E-state index contributed by atoms with van der Waals surface area (Å²) < 4.78 is 9.99. The molecule has 0 radical (unpaired) electrons. The van der Waals surface area contributed by atoms with Gasteiger partial charge in [0.25, 0.3) is 11.6 Å². The summed E-state index contributed by atoms with van der Waals surface area (Å²) in [6, 6.07) is 10.2. The molecular formula is C17H15ClN2O6. The van der Waals surface area contributed by atoms with Crippen molar-refractivity contribution in [3.8, 4) is 5.75 Å². The van der Waals surface area contributed by atoms with Crippen molar-refractivity contribution < 1.29 is 24.0 Å². The van der Waals surface area contributed by atoms with E-state index in [9.17, 15) is 19.7 Å². The monoisotopic (exact) mass is 378 g/mol. The fourth-order valence-corrected chi connectivity index (χ4v) is 2.25. The highest BCUT2D eigenvalue weighted by Crippen LogP contribution is 2.29. The SMILES string of the molecule is COc1ccc(NC(=O)C(C)OC(=O)c2ccccc2Cl)c([N+](=O)[O-])c1. The molecule has 8 nitrogen and oxygen atoms in total. The number of ether oxygens (including phenoxy) is 2. The first-order valence-electron chi connectivity index (χ1n) is 7.42. The van der Waals surface area contributed by atoms with Gasteiger partial charge in [-0.1, -0.05) is 23.7 Å². The number of rotatable bonds is 6. The van der Waals surface area contributed by atoms with Crippen LogP contribution in [0.25, 0.3) is 0 Å². The number of nitrogens with zero attached hydrogens (tertiary/aromatic N) is 1. The maximum absolute atomic E-state index is 12.2. The lowest BCUT2D eigenvalue weighted by Crippen LogP contribution is -2.30. The third kappa shape index (κ3) is 4.48. The first kappa shape index (κ1) is 19.2. The molecule has 2 rings (SSSR count). The highest BCUT2D eigenvalue weighted by atomic mass is 35.5. The smallest absolute Gasteiger partial charge is 0.340 e. The summed E-state index contributed by atoms with van der Waals surface area (Å²) in [4.78, 5) is 34.8. The summed E-state index contributed by atoms with van der Waals surface area (Å²) in [5.74, 6) is -1.23. The predicted octanol–water partition coefficient (Wildman–Crippen LogP) is 3.44. The van der Waals surface area contributed by atoms with Crippen LogP contribution in [-0.2, 0) is 9.53 Å². The topological polar surface area (TPSA) is 108 Å². The number of nitrogens with one attached hydrogen (secondary N) is 1. The van der Waals surface area contributed by atoms with Crippen LogP contribution < -0.4 is 10.1 Å². The van der Waals surface area contributed by atoms with Crippen molar-refractivity contribution in [3.05, 3.63) is 63.2 Å². The van der Waals surface area contributed by atoms with Gasteiger partial charge in [-0.25, -0.2) is 4.79 Å². The molecule has 0 aliphatic rings. The summed E-state index contributed by atoms with van der Waals surface area (Å²) >= 11 is 5.91. The quantitative estimate of drug-likeness (QED) is 0.468. The number of halogens is 1. The van der Waals surface area contributed by atoms with Crippen LogP contribution in [0.5, 0.6) is 5.75 Å². The molecule has 0 aliphatic heterocycles. The molecule has 26 heavy (non-hydrogen) atoms. The number of hydrogen-bond donors (Lipinski definition) is 1. The van der Waals surface area contributed by atoms with Crippen LogP contribution in [0.2, 0.25) is 5.02 Å². The van der Waals surface area contributed by atoms with Gasteiger partial charge in [0.1, 0.15) is 11.4 Å². The standard InChI is InChI=1S/C17H15ClN2O6/c1-10(26-17(22)12-5-3-4-6-13(12)18)16(21)19-14-8-7-11(25-2)9-15(14)20(23)24/h3-10H,1-2H3,(H,19,21). The number of amides is 1. The second-order valence-corrected chi connectivity index (χ2v) is 5.56. The van der Waals surface area contributed by atoms with Crippen LogP contribution in [-0.4, -0.2) is 30.0 Å². The Labute approximate surface area is 153 Å². The second-order valence-electron chi connectivity index (χ2n) is 5.16. The Morgan fingerprint density at radius 1 is 1.23 bits per heavy atom. The normalized spacial score (nSPS) is 11.3. The molecule has 1 unspecified atom stereocenters. The van der Waals surface area contributed by atoms with Crippen LogP contribution in [0.4, 0.5) is 11.4 Å². The van der Waals surface area contributed by atoms with Gasteiger partial charge in [0.2, 0.25) is 0 Å². The number of benzene rings is 2. The zero-order chi connectivity index (χ0) is 19.3. The van der Waals surface area contributed by atoms with Crippen molar-refractivity contribution in [2.75, 3.05) is 12.4 Å². The molecule has 0 aliphatic carbocycles. The molecule has 0 fully saturated rings. The van der Waals surface area contributed by atoms with Crippen molar-refractivity contribution in [1.29, 1.82) is 0 Å². The Kier molecular flexibility index (Phi) is 6.13. The molecule has 2 aromatic carbocycles. The van der Waals surface area contributed by atoms with E-state index in [1.807, 2.05) is 0 Å². The van der Waals surface area contributed by atoms with E-state index in [1.54, 1.807) is 12.1 Å². The van der Waals surface area contributed by atoms with Crippen LogP contribution in [0.15, 0.2) is 42.5 Å². The molecule has 2 aromatic rings. The van der Waals surface area contributed by atoms with E-state index in [0.29, 0.717) is 0 Å². The lowest BCUT2D eigenvalue weighted by Gasteiger charge is -2.14. The first-order chi connectivity index (χ1) is 12.3. The van der Waals surface area contributed by atoms with Gasteiger partial charge >= 0.3 is 5.97 Å². The molecule has 1 atom stereocenters. The Morgan fingerprint density at radius 3 is 2.54 bits per heavy atom. The number of carbonyl (C=O) groups excluding carboxylic acids is 2. The summed E-state index contributed by atoms with van der Waals surface area (Å²) in [7, 11) is 1.37. The average Bonchev–Trinajstić information content (AvgIpc) is 2.61. The molecule has 0 bridgehead atoms. The van der Waals surface area contributed by atoms with Crippen LogP contribution in [0, 0.1) is 10.1 Å². The van der Waals surface area contributed by atoms with E-state index in [2.05, 4.69) is 5.32 Å². The summed E-state index contributed by atoms with van der Waals surface area (Å²) in [5.41, 5.74) is -0.270. The number of nitro benzene ring substituents is 1. The lowest BCUT2D eigenvalue weighted by atomic mass is 10.2. The Hall–Kier alpha value is -3.13. The first-order valence-corrected chi connectivity index (χ1v) is 7.80. The van der Waals surface area contributed by atoms with Crippen molar-refractivity contribution >= 4 is 34.9 Å². The van der Waals surface area contributed by atoms with Crippen molar-refractivity contribution in [2.24, 2.45) is 0 Å². The lowest BCUT2D eigenvalue weighted by molar-refractivity contribution is -0.384. The fourth-order valence-electron chi connectivity index (χ4n) is 2.03. The highest BCUT2D eigenvalue weighted by molar-refractivity contribution is 6.33. The zero-order valence-electron chi connectivity index (χ0n) is 13.9. The van der Waals surface area contributed by atoms with Gasteiger partial charge in [-0.15, -0.1) is 0 Å². The predicted molar refractivity (Wildman–Crippen MR) is 94.6 cm³/mol. The van der Waals surface area contributed by atoms with Crippen LogP contribution in [0.3, 0.4) is 0 Å². The minimum absolute atomic E-state index is 0.0403. The maximum Gasteiger partial charge on any atom is 0.340 e. The van der Waals surface area contributed by atoms with Gasteiger partial charge in [0, 0.05) is 0 Å². The van der Waals surface area contributed by atoms with E-state index >= 15 is 0 Å². The summed E-state index contributed by atoms with van der Waals surface area (Å²) in [6.07, 6.45) is -1.19. The molecular weight excluding hydrogens is 364 g/mol. The Balaban J connectivity index is 2.11. The Morgan fingerprint density at radius 2 is 1.92 bits per heavy atom. The number of anilines is 1. The molecule has 1 N–H and O–H groups in total. The van der Waals surface area contributed by atoms with Gasteiger partial charge in [-0.3, -0.25) is 14.9 Å². The molecule has 0 saturated carbocycles. The maximum atomic E-state index is 12.2. The number of methoxy groups -OCH3 is 1. The third-order valence-corrected chi connectivity index (χ3v) is 3.74. The fraction of sp³-hybridized carbons (Fsp3) is 0.176. The zero-order valence-corrected chi connectivity index (χ0v) is 14.6. The van der Waals surface area contributed by atoms with Gasteiger partial charge in [0.05, 0.1) is 28.7 Å². The molecule has 9 heteroatoms. The van der Waals surface area contributed by atoms with E-state index in [1.165, 1.54) is 44.4 Å². The number of esters is 1. The minimum atomic E-state index is -1.19. The van der Waals surface area contributed by atoms with Gasteiger partial charge in [0.15, 0.2) is 6.10 Å². The number of hydrogen-bond acceptors (Lipinski definition) is 6. The van der Waals surface area contributed by atoms with E-state index in [4.69, 9.17) is 21.1 Å². The summed E-state index contributed by atoms with van der Waals surface area (Å²) in [6.45, 7) is 1.35. The Bertz CT molecular complexity index is 855. The van der Waals surface area contributed by atoms with E-state index in [0.717, 1.165) is 0 Å². The van der Waals surface area contributed by atoms with E-state index in [-0.39, 0.29) is 27.7 Å². The van der Waals surface area contributed by atoms with Gasteiger partial charge < -0.3 is 14.8 Å². The minimum Gasteiger partial charge on any atom is -0.496 e. The third-order valence-electron chi connectivity index (χ3n) is 3.41. The average molecular weight is 379 g/mol. The van der Waals surface area contributed by atoms with Crippen molar-refractivity contribution in [3.63, 3.8) is 0 Å². The second kappa shape index (κ2) is 8.30. The molecule has 1 amide bonds. The molecule has 136 valence electrons. The van der Waals surface area contributed by atoms with Crippen LogP contribution >= 0.6 is 11.6 Å². The highest BCUT2D eigenvalue weighted by Gasteiger charge is 2.23. The summed E-state index contributed by atoms with van der Waals surface area (Å²) in [5, 5.41) is 13.7. The molecule has 0 aromatic heterocycles. The molecule has 0 saturated heterocycles. The van der Waals surface area contributed by atoms with Gasteiger partial charge in [-0.05, 0) is 31.2 Å². The van der Waals surface area contributed by atoms with Crippen LogP contribution in [0.1, 0.15) is 17.3 Å². The molecule has 0 spiro atoms.